The van der Waals surface area contributed by atoms with Crippen molar-refractivity contribution in [2.45, 2.75) is 49.3 Å². The molecule has 0 amide bonds. The molecule has 0 aliphatic heterocycles. The molecule has 4 nitrogen and oxygen atoms in total. The first-order chi connectivity index (χ1) is 12.3. The van der Waals surface area contributed by atoms with Crippen molar-refractivity contribution in [1.82, 2.24) is 0 Å². The molecule has 140 valence electrons. The van der Waals surface area contributed by atoms with Crippen LogP contribution in [0.3, 0.4) is 0 Å². The van der Waals surface area contributed by atoms with Crippen molar-refractivity contribution in [3.8, 4) is 11.5 Å². The summed E-state index contributed by atoms with van der Waals surface area (Å²) in [5.74, 6) is 1.98. The fourth-order valence-corrected chi connectivity index (χ4v) is 7.96. The molecule has 4 bridgehead atoms. The Bertz CT molecular complexity index is 746. The lowest BCUT2D eigenvalue weighted by molar-refractivity contribution is -0.141. The van der Waals surface area contributed by atoms with Crippen LogP contribution in [0.4, 0.5) is 0 Å². The van der Waals surface area contributed by atoms with Gasteiger partial charge in [-0.1, -0.05) is 15.9 Å². The molecule has 6 heteroatoms. The van der Waals surface area contributed by atoms with Crippen molar-refractivity contribution >= 4 is 44.1 Å². The van der Waals surface area contributed by atoms with Gasteiger partial charge in [0, 0.05) is 9.89 Å². The van der Waals surface area contributed by atoms with Crippen molar-refractivity contribution in [2.24, 2.45) is 17.3 Å². The largest absolute Gasteiger partial charge is 0.493 e. The van der Waals surface area contributed by atoms with E-state index < -0.39 is 0 Å². The number of carbonyl (C=O) groups excluding carboxylic acids is 2. The predicted octanol–water partition coefficient (Wildman–Crippen LogP) is 5.30. The van der Waals surface area contributed by atoms with E-state index in [0.717, 1.165) is 37.4 Å². The molecule has 1 aromatic carbocycles. The first-order valence-electron chi connectivity index (χ1n) is 9.06. The molecule has 4 fully saturated rings. The Hall–Kier alpha value is -0.880. The Morgan fingerprint density at radius 2 is 1.96 bits per heavy atom. The quantitative estimate of drug-likeness (QED) is 0.246. The third-order valence-corrected chi connectivity index (χ3v) is 7.75. The number of halogens is 2. The molecule has 0 spiro atoms. The van der Waals surface area contributed by atoms with Gasteiger partial charge in [-0.2, -0.15) is 0 Å². The lowest BCUT2D eigenvalue weighted by Crippen LogP contribution is -2.53. The Balaban J connectivity index is 1.52. The van der Waals surface area contributed by atoms with E-state index in [1.54, 1.807) is 12.1 Å². The van der Waals surface area contributed by atoms with Crippen LogP contribution in [-0.4, -0.2) is 23.7 Å². The van der Waals surface area contributed by atoms with Gasteiger partial charge in [-0.15, -0.1) is 0 Å². The molecule has 26 heavy (non-hydrogen) atoms. The number of aldehydes is 1. The molecule has 5 rings (SSSR count). The van der Waals surface area contributed by atoms with Gasteiger partial charge in [-0.3, -0.25) is 9.59 Å². The number of hydrogen-bond acceptors (Lipinski definition) is 4. The summed E-state index contributed by atoms with van der Waals surface area (Å²) >= 11 is 7.37. The molecule has 0 radical (unpaired) electrons. The van der Waals surface area contributed by atoms with Crippen LogP contribution in [0.1, 0.15) is 55.3 Å². The Kier molecular flexibility index (Phi) is 4.71. The smallest absolute Gasteiger partial charge is 0.311 e. The van der Waals surface area contributed by atoms with Crippen LogP contribution in [0.2, 0.25) is 0 Å². The normalized spacial score (nSPS) is 34.6. The van der Waals surface area contributed by atoms with Gasteiger partial charge in [0.15, 0.2) is 11.5 Å². The molecule has 0 saturated heterocycles. The SMILES string of the molecule is COc1cc(C=O)cc(Br)c1OC(=O)CC12CC3CC(CC(Br)(C3)C1)C2. The molecule has 2 unspecified atom stereocenters. The minimum atomic E-state index is -0.221. The number of carbonyl (C=O) groups is 2. The summed E-state index contributed by atoms with van der Waals surface area (Å²) in [5, 5.41) is 0. The van der Waals surface area contributed by atoms with Crippen LogP contribution in [-0.2, 0) is 4.79 Å². The van der Waals surface area contributed by atoms with Crippen molar-refractivity contribution in [2.75, 3.05) is 7.11 Å². The molecule has 0 aromatic heterocycles. The number of ether oxygens (including phenoxy) is 2. The van der Waals surface area contributed by atoms with Gasteiger partial charge >= 0.3 is 5.97 Å². The molecule has 2 atom stereocenters. The molecule has 1 aromatic rings. The highest BCUT2D eigenvalue weighted by Gasteiger charge is 2.57. The third kappa shape index (κ3) is 3.35. The van der Waals surface area contributed by atoms with Gasteiger partial charge in [0.2, 0.25) is 0 Å². The molecule has 0 heterocycles. The number of hydrogen-bond donors (Lipinski definition) is 0. The molecule has 4 aliphatic carbocycles. The number of methoxy groups -OCH3 is 1. The van der Waals surface area contributed by atoms with E-state index in [2.05, 4.69) is 31.9 Å². The maximum Gasteiger partial charge on any atom is 0.311 e. The zero-order valence-electron chi connectivity index (χ0n) is 14.7. The fraction of sp³-hybridized carbons (Fsp3) is 0.600. The zero-order chi connectivity index (χ0) is 18.5. The Morgan fingerprint density at radius 1 is 1.27 bits per heavy atom. The van der Waals surface area contributed by atoms with Gasteiger partial charge in [0.1, 0.15) is 6.29 Å². The zero-order valence-corrected chi connectivity index (χ0v) is 17.9. The van der Waals surface area contributed by atoms with Crippen LogP contribution < -0.4 is 9.47 Å². The van der Waals surface area contributed by atoms with E-state index in [1.807, 2.05) is 0 Å². The average molecular weight is 486 g/mol. The number of rotatable bonds is 5. The van der Waals surface area contributed by atoms with Crippen molar-refractivity contribution in [1.29, 1.82) is 0 Å². The number of benzene rings is 1. The monoisotopic (exact) mass is 484 g/mol. The van der Waals surface area contributed by atoms with E-state index in [4.69, 9.17) is 9.47 Å². The average Bonchev–Trinajstić information content (AvgIpc) is 2.53. The molecule has 4 aliphatic rings. The van der Waals surface area contributed by atoms with Gasteiger partial charge in [-0.05, 0) is 83.8 Å². The van der Waals surface area contributed by atoms with Crippen LogP contribution in [0, 0.1) is 17.3 Å². The van der Waals surface area contributed by atoms with Crippen molar-refractivity contribution < 1.29 is 19.1 Å². The lowest BCUT2D eigenvalue weighted by Gasteiger charge is -2.60. The highest BCUT2D eigenvalue weighted by atomic mass is 79.9. The summed E-state index contributed by atoms with van der Waals surface area (Å²) in [7, 11) is 1.50. The summed E-state index contributed by atoms with van der Waals surface area (Å²) in [6, 6.07) is 3.22. The van der Waals surface area contributed by atoms with E-state index in [0.29, 0.717) is 28.0 Å². The summed E-state index contributed by atoms with van der Waals surface area (Å²) < 4.78 is 11.8. The highest BCUT2D eigenvalue weighted by Crippen LogP contribution is 2.65. The van der Waals surface area contributed by atoms with Crippen LogP contribution in [0.25, 0.3) is 0 Å². The fourth-order valence-electron chi connectivity index (χ4n) is 5.91. The Morgan fingerprint density at radius 3 is 2.54 bits per heavy atom. The maximum absolute atomic E-state index is 12.8. The van der Waals surface area contributed by atoms with E-state index >= 15 is 0 Å². The van der Waals surface area contributed by atoms with Crippen LogP contribution >= 0.6 is 31.9 Å². The predicted molar refractivity (Wildman–Crippen MR) is 105 cm³/mol. The second kappa shape index (κ2) is 6.62. The Labute approximate surface area is 170 Å². The second-order valence-corrected chi connectivity index (χ2v) is 11.0. The van der Waals surface area contributed by atoms with E-state index in [-0.39, 0.29) is 15.7 Å². The number of esters is 1. The first-order valence-corrected chi connectivity index (χ1v) is 10.6. The van der Waals surface area contributed by atoms with Gasteiger partial charge < -0.3 is 9.47 Å². The first kappa shape index (κ1) is 18.5. The molecule has 0 N–H and O–H groups in total. The molecular weight excluding hydrogens is 464 g/mol. The third-order valence-electron chi connectivity index (χ3n) is 6.23. The van der Waals surface area contributed by atoms with E-state index in [1.165, 1.54) is 26.4 Å². The summed E-state index contributed by atoms with van der Waals surface area (Å²) in [4.78, 5) is 23.8. The second-order valence-electron chi connectivity index (χ2n) is 8.41. The lowest BCUT2D eigenvalue weighted by atomic mass is 9.49. The topological polar surface area (TPSA) is 52.6 Å². The summed E-state index contributed by atoms with van der Waals surface area (Å²) in [6.07, 6.45) is 8.31. The van der Waals surface area contributed by atoms with Crippen molar-refractivity contribution in [3.63, 3.8) is 0 Å². The maximum atomic E-state index is 12.8. The van der Waals surface area contributed by atoms with Gasteiger partial charge in [0.05, 0.1) is 18.0 Å². The summed E-state index contributed by atoms with van der Waals surface area (Å²) in [6.45, 7) is 0. The van der Waals surface area contributed by atoms with Gasteiger partial charge in [0.25, 0.3) is 0 Å². The van der Waals surface area contributed by atoms with E-state index in [9.17, 15) is 9.59 Å². The minimum Gasteiger partial charge on any atom is -0.493 e. The van der Waals surface area contributed by atoms with Gasteiger partial charge in [-0.25, -0.2) is 0 Å². The van der Waals surface area contributed by atoms with Crippen molar-refractivity contribution in [3.05, 3.63) is 22.2 Å². The molecule has 4 saturated carbocycles. The summed E-state index contributed by atoms with van der Waals surface area (Å²) in [5.41, 5.74) is 0.531. The number of alkyl halides is 1. The minimum absolute atomic E-state index is 0.0626. The highest BCUT2D eigenvalue weighted by molar-refractivity contribution is 9.10. The standard InChI is InChI=1S/C20H22Br2O4/c1-25-16-4-12(10-23)3-15(21)18(16)26-17(24)9-19-5-13-2-14(6-19)8-20(22,7-13)11-19/h3-4,10,13-14H,2,5-9,11H2,1H3. The van der Waals surface area contributed by atoms with Crippen LogP contribution in [0.15, 0.2) is 16.6 Å². The van der Waals surface area contributed by atoms with Crippen LogP contribution in [0.5, 0.6) is 11.5 Å². The molecular formula is C20H22Br2O4.